The van der Waals surface area contributed by atoms with Crippen molar-refractivity contribution >= 4 is 29.4 Å². The molecule has 0 spiro atoms. The van der Waals surface area contributed by atoms with Crippen LogP contribution >= 0.6 is 11.8 Å². The van der Waals surface area contributed by atoms with E-state index < -0.39 is 23.9 Å². The third kappa shape index (κ3) is 3.08. The average Bonchev–Trinajstić information content (AvgIpc) is 2.83. The number of urea groups is 1. The van der Waals surface area contributed by atoms with Crippen molar-refractivity contribution < 1.29 is 19.1 Å². The lowest BCUT2D eigenvalue weighted by Gasteiger charge is -2.25. The average molecular weight is 309 g/mol. The molecule has 2 N–H and O–H groups in total. The van der Waals surface area contributed by atoms with Gasteiger partial charge in [0.1, 0.15) is 17.9 Å². The zero-order valence-corrected chi connectivity index (χ0v) is 11.9. The first kappa shape index (κ1) is 15.1. The highest BCUT2D eigenvalue weighted by Crippen LogP contribution is 2.29. The fourth-order valence-corrected chi connectivity index (χ4v) is 3.19. The maximum atomic E-state index is 13.2. The van der Waals surface area contributed by atoms with Gasteiger partial charge in [0.15, 0.2) is 0 Å². The van der Waals surface area contributed by atoms with Gasteiger partial charge in [-0.05, 0) is 25.1 Å². The Morgan fingerprint density at radius 2 is 2.29 bits per heavy atom. The number of nitrogens with zero attached hydrogens (tertiary/aromatic N) is 2. The number of carboxylic acids is 1. The van der Waals surface area contributed by atoms with Crippen molar-refractivity contribution in [3.8, 4) is 6.07 Å². The molecule has 0 radical (unpaired) electrons. The SMILES string of the molecule is CC1SCC(C(=O)O)N1C(=O)Nc1ccc(F)c(C#N)c1. The number of carbonyl (C=O) groups is 2. The minimum Gasteiger partial charge on any atom is -0.480 e. The second-order valence-corrected chi connectivity index (χ2v) is 5.78. The van der Waals surface area contributed by atoms with E-state index in [4.69, 9.17) is 10.4 Å². The van der Waals surface area contributed by atoms with E-state index in [-0.39, 0.29) is 16.6 Å². The van der Waals surface area contributed by atoms with Crippen molar-refractivity contribution in [2.45, 2.75) is 18.3 Å². The van der Waals surface area contributed by atoms with Crippen molar-refractivity contribution in [1.82, 2.24) is 4.90 Å². The van der Waals surface area contributed by atoms with Crippen molar-refractivity contribution in [3.63, 3.8) is 0 Å². The molecule has 21 heavy (non-hydrogen) atoms. The number of aliphatic carboxylic acids is 1. The molecule has 0 saturated carbocycles. The number of carboxylic acid groups (broad SMARTS) is 1. The van der Waals surface area contributed by atoms with Crippen molar-refractivity contribution in [1.29, 1.82) is 5.26 Å². The lowest BCUT2D eigenvalue weighted by atomic mass is 10.2. The summed E-state index contributed by atoms with van der Waals surface area (Å²) < 4.78 is 13.2. The molecule has 0 bridgehead atoms. The molecule has 1 fully saturated rings. The summed E-state index contributed by atoms with van der Waals surface area (Å²) in [5, 5.41) is 20.1. The molecule has 2 amide bonds. The smallest absolute Gasteiger partial charge is 0.327 e. The minimum atomic E-state index is -1.07. The normalized spacial score (nSPS) is 20.9. The number of thioether (sulfide) groups is 1. The van der Waals surface area contributed by atoms with Crippen LogP contribution in [0.15, 0.2) is 18.2 Å². The molecule has 2 rings (SSSR count). The number of nitriles is 1. The Morgan fingerprint density at radius 1 is 1.57 bits per heavy atom. The van der Waals surface area contributed by atoms with E-state index in [1.807, 2.05) is 0 Å². The summed E-state index contributed by atoms with van der Waals surface area (Å²) in [5.74, 6) is -1.43. The molecule has 1 aromatic carbocycles. The zero-order valence-electron chi connectivity index (χ0n) is 11.0. The van der Waals surface area contributed by atoms with Gasteiger partial charge in [-0.15, -0.1) is 11.8 Å². The first-order valence-electron chi connectivity index (χ1n) is 6.07. The van der Waals surface area contributed by atoms with Crippen LogP contribution in [0.3, 0.4) is 0 Å². The predicted octanol–water partition coefficient (Wildman–Crippen LogP) is 2.08. The number of nitrogens with one attached hydrogen (secondary N) is 1. The highest BCUT2D eigenvalue weighted by molar-refractivity contribution is 8.00. The van der Waals surface area contributed by atoms with E-state index in [9.17, 15) is 14.0 Å². The van der Waals surface area contributed by atoms with Crippen molar-refractivity contribution in [3.05, 3.63) is 29.6 Å². The fraction of sp³-hybridized carbons (Fsp3) is 0.308. The van der Waals surface area contributed by atoms with Crippen molar-refractivity contribution in [2.75, 3.05) is 11.1 Å². The van der Waals surface area contributed by atoms with E-state index in [0.29, 0.717) is 5.75 Å². The lowest BCUT2D eigenvalue weighted by molar-refractivity contribution is -0.141. The van der Waals surface area contributed by atoms with Crippen LogP contribution < -0.4 is 5.32 Å². The molecule has 1 aliphatic rings. The van der Waals surface area contributed by atoms with E-state index in [1.54, 1.807) is 13.0 Å². The van der Waals surface area contributed by atoms with Crippen LogP contribution in [-0.2, 0) is 4.79 Å². The van der Waals surface area contributed by atoms with Gasteiger partial charge in [0.05, 0.1) is 10.9 Å². The van der Waals surface area contributed by atoms with E-state index in [0.717, 1.165) is 6.07 Å². The molecule has 0 aromatic heterocycles. The number of carbonyl (C=O) groups excluding carboxylic acids is 1. The topological polar surface area (TPSA) is 93.4 Å². The molecule has 2 unspecified atom stereocenters. The van der Waals surface area contributed by atoms with Gasteiger partial charge >= 0.3 is 12.0 Å². The summed E-state index contributed by atoms with van der Waals surface area (Å²) in [4.78, 5) is 24.5. The maximum absolute atomic E-state index is 13.2. The number of anilines is 1. The van der Waals surface area contributed by atoms with Crippen LogP contribution in [0.4, 0.5) is 14.9 Å². The second-order valence-electron chi connectivity index (χ2n) is 4.43. The Labute approximate surface area is 124 Å². The Morgan fingerprint density at radius 3 is 2.90 bits per heavy atom. The summed E-state index contributed by atoms with van der Waals surface area (Å²) in [6.07, 6.45) is 0. The van der Waals surface area contributed by atoms with Crippen LogP contribution in [0, 0.1) is 17.1 Å². The van der Waals surface area contributed by atoms with Crippen LogP contribution in [-0.4, -0.2) is 39.2 Å². The van der Waals surface area contributed by atoms with Gasteiger partial charge < -0.3 is 10.4 Å². The number of benzene rings is 1. The number of hydrogen-bond acceptors (Lipinski definition) is 4. The van der Waals surface area contributed by atoms with Gasteiger partial charge in [0.25, 0.3) is 0 Å². The molecule has 110 valence electrons. The molecule has 8 heteroatoms. The molecule has 2 atom stereocenters. The second kappa shape index (κ2) is 6.01. The molecular formula is C13H12FN3O3S. The molecule has 1 aliphatic heterocycles. The maximum Gasteiger partial charge on any atom is 0.327 e. The van der Waals surface area contributed by atoms with Crippen LogP contribution in [0.2, 0.25) is 0 Å². The zero-order chi connectivity index (χ0) is 15.6. The molecule has 1 aromatic rings. The van der Waals surface area contributed by atoms with Gasteiger partial charge in [0, 0.05) is 11.4 Å². The van der Waals surface area contributed by atoms with Gasteiger partial charge in [0.2, 0.25) is 0 Å². The highest BCUT2D eigenvalue weighted by Gasteiger charge is 2.39. The minimum absolute atomic E-state index is 0.188. The first-order chi connectivity index (χ1) is 9.93. The number of rotatable bonds is 2. The quantitative estimate of drug-likeness (QED) is 0.872. The fourth-order valence-electron chi connectivity index (χ4n) is 2.02. The lowest BCUT2D eigenvalue weighted by Crippen LogP contribution is -2.46. The summed E-state index contributed by atoms with van der Waals surface area (Å²) in [7, 11) is 0. The number of halogens is 1. The Hall–Kier alpha value is -2.27. The van der Waals surface area contributed by atoms with E-state index >= 15 is 0 Å². The summed E-state index contributed by atoms with van der Waals surface area (Å²) in [6, 6.07) is 3.78. The number of amides is 2. The molecular weight excluding hydrogens is 297 g/mol. The molecule has 6 nitrogen and oxygen atoms in total. The van der Waals surface area contributed by atoms with Crippen LogP contribution in [0.25, 0.3) is 0 Å². The Kier molecular flexibility index (Phi) is 4.33. The Bertz CT molecular complexity index is 632. The molecule has 0 aliphatic carbocycles. The number of hydrogen-bond donors (Lipinski definition) is 2. The van der Waals surface area contributed by atoms with Crippen molar-refractivity contribution in [2.24, 2.45) is 0 Å². The summed E-state index contributed by atoms with van der Waals surface area (Å²) >= 11 is 1.36. The standard InChI is InChI=1S/C13H12FN3O3S/c1-7-17(11(6-21-7)12(18)19)13(20)16-9-2-3-10(14)8(4-9)5-15/h2-4,7,11H,6H2,1H3,(H,16,20)(H,18,19). The van der Waals surface area contributed by atoms with Gasteiger partial charge in [-0.1, -0.05) is 0 Å². The monoisotopic (exact) mass is 309 g/mol. The molecule has 1 saturated heterocycles. The van der Waals surface area contributed by atoms with E-state index in [2.05, 4.69) is 5.32 Å². The highest BCUT2D eigenvalue weighted by atomic mass is 32.2. The third-order valence-electron chi connectivity index (χ3n) is 3.08. The van der Waals surface area contributed by atoms with Crippen LogP contribution in [0.5, 0.6) is 0 Å². The van der Waals surface area contributed by atoms with Gasteiger partial charge in [-0.2, -0.15) is 5.26 Å². The van der Waals surface area contributed by atoms with Crippen LogP contribution in [0.1, 0.15) is 12.5 Å². The predicted molar refractivity (Wildman–Crippen MR) is 75.3 cm³/mol. The Balaban J connectivity index is 2.17. The molecule has 1 heterocycles. The summed E-state index contributed by atoms with van der Waals surface area (Å²) in [5.41, 5.74) is 0.0534. The van der Waals surface area contributed by atoms with Gasteiger partial charge in [-0.3, -0.25) is 4.90 Å². The first-order valence-corrected chi connectivity index (χ1v) is 7.12. The van der Waals surface area contributed by atoms with Gasteiger partial charge in [-0.25, -0.2) is 14.0 Å². The largest absolute Gasteiger partial charge is 0.480 e. The third-order valence-corrected chi connectivity index (χ3v) is 4.30. The van der Waals surface area contributed by atoms with E-state index in [1.165, 1.54) is 28.8 Å². The summed E-state index contributed by atoms with van der Waals surface area (Å²) in [6.45, 7) is 1.73.